The van der Waals surface area contributed by atoms with E-state index in [1.165, 1.54) is 50.2 Å². The Morgan fingerprint density at radius 3 is 1.61 bits per heavy atom. The molecule has 0 aromatic heterocycles. The molecule has 0 spiro atoms. The first-order valence-electron chi connectivity index (χ1n) is 9.92. The first-order valence-corrected chi connectivity index (χ1v) is 9.92. The van der Waals surface area contributed by atoms with Crippen molar-refractivity contribution in [2.45, 2.75) is 38.7 Å². The maximum atomic E-state index is 14.2. The van der Waals surface area contributed by atoms with Crippen molar-refractivity contribution in [3.05, 3.63) is 94.3 Å². The summed E-state index contributed by atoms with van der Waals surface area (Å²) in [5.41, 5.74) is -2.80. The lowest BCUT2D eigenvalue weighted by atomic mass is 9.77. The van der Waals surface area contributed by atoms with Crippen LogP contribution in [-0.2, 0) is 11.0 Å². The quantitative estimate of drug-likeness (QED) is 0.194. The summed E-state index contributed by atoms with van der Waals surface area (Å²) >= 11 is 0. The molecule has 0 unspecified atom stereocenters. The number of ketones is 1. The average molecular weight is 464 g/mol. The van der Waals surface area contributed by atoms with Gasteiger partial charge < -0.3 is 9.84 Å². The van der Waals surface area contributed by atoms with Crippen molar-refractivity contribution in [2.75, 3.05) is 0 Å². The fourth-order valence-corrected chi connectivity index (χ4v) is 3.40. The maximum Gasteiger partial charge on any atom is 0.200 e. The molecule has 174 valence electrons. The van der Waals surface area contributed by atoms with E-state index in [1.807, 2.05) is 13.8 Å². The van der Waals surface area contributed by atoms with Crippen LogP contribution in [0.15, 0.2) is 48.5 Å². The Bertz CT molecular complexity index is 1170. The molecule has 3 aromatic rings. The van der Waals surface area contributed by atoms with Crippen LogP contribution in [0.2, 0.25) is 0 Å². The van der Waals surface area contributed by atoms with Crippen LogP contribution in [0, 0.1) is 29.1 Å². The number of phenolic OH excluding ortho intramolecular Hbond substituents is 1. The number of phenols is 1. The molecule has 0 aliphatic carbocycles. The zero-order valence-electron chi connectivity index (χ0n) is 18.3. The SMILES string of the molecule is CC(C)(Oc1ccc(C(C)(C)C(=O)c2c(F)c(F)c(F)c(F)c2F)cc1)c1ccc(O)cc1. The first-order chi connectivity index (χ1) is 15.3. The van der Waals surface area contributed by atoms with Gasteiger partial charge in [-0.05, 0) is 63.1 Å². The fraction of sp³-hybridized carbons (Fsp3) is 0.240. The number of halogens is 5. The number of carbonyl (C=O) groups is 1. The zero-order chi connectivity index (χ0) is 24.7. The number of Topliss-reactive ketones (excluding diaryl/α,β-unsaturated/α-hetero) is 1. The topological polar surface area (TPSA) is 46.5 Å². The second-order valence-corrected chi connectivity index (χ2v) is 8.58. The molecule has 0 atom stereocenters. The lowest BCUT2D eigenvalue weighted by molar-refractivity contribution is 0.0895. The molecule has 0 radical (unpaired) electrons. The predicted molar refractivity (Wildman–Crippen MR) is 112 cm³/mol. The van der Waals surface area contributed by atoms with Crippen molar-refractivity contribution in [1.29, 1.82) is 0 Å². The van der Waals surface area contributed by atoms with E-state index in [9.17, 15) is 31.9 Å². The molecule has 33 heavy (non-hydrogen) atoms. The van der Waals surface area contributed by atoms with Crippen LogP contribution in [0.5, 0.6) is 11.5 Å². The van der Waals surface area contributed by atoms with Crippen LogP contribution < -0.4 is 4.74 Å². The fourth-order valence-electron chi connectivity index (χ4n) is 3.40. The summed E-state index contributed by atoms with van der Waals surface area (Å²) in [6.07, 6.45) is 0. The van der Waals surface area contributed by atoms with Gasteiger partial charge in [-0.2, -0.15) is 0 Å². The number of aromatic hydroxyl groups is 1. The third-order valence-corrected chi connectivity index (χ3v) is 5.52. The molecule has 0 aliphatic rings. The molecule has 0 fully saturated rings. The normalized spacial score (nSPS) is 12.0. The summed E-state index contributed by atoms with van der Waals surface area (Å²) < 4.78 is 74.8. The van der Waals surface area contributed by atoms with Crippen molar-refractivity contribution >= 4 is 5.78 Å². The van der Waals surface area contributed by atoms with Crippen molar-refractivity contribution in [2.24, 2.45) is 0 Å². The lowest BCUT2D eigenvalue weighted by Crippen LogP contribution is -2.31. The summed E-state index contributed by atoms with van der Waals surface area (Å²) in [5, 5.41) is 9.45. The van der Waals surface area contributed by atoms with Crippen LogP contribution in [0.4, 0.5) is 22.0 Å². The highest BCUT2D eigenvalue weighted by atomic mass is 19.2. The molecule has 3 rings (SSSR count). The number of hydrogen-bond acceptors (Lipinski definition) is 3. The van der Waals surface area contributed by atoms with Gasteiger partial charge in [-0.3, -0.25) is 4.79 Å². The van der Waals surface area contributed by atoms with Gasteiger partial charge >= 0.3 is 0 Å². The van der Waals surface area contributed by atoms with Gasteiger partial charge in [0.1, 0.15) is 17.1 Å². The minimum atomic E-state index is -2.32. The zero-order valence-corrected chi connectivity index (χ0v) is 18.3. The maximum absolute atomic E-state index is 14.2. The number of ether oxygens (including phenoxy) is 1. The first kappa shape index (κ1) is 24.2. The minimum absolute atomic E-state index is 0.111. The van der Waals surface area contributed by atoms with E-state index < -0.39 is 51.4 Å². The Hall–Kier alpha value is -3.42. The molecule has 0 aliphatic heterocycles. The summed E-state index contributed by atoms with van der Waals surface area (Å²) in [6.45, 7) is 6.27. The predicted octanol–water partition coefficient (Wildman–Crippen LogP) is 6.56. The molecule has 0 saturated carbocycles. The molecule has 3 aromatic carbocycles. The molecular formula is C25H21F5O3. The van der Waals surface area contributed by atoms with Crippen molar-refractivity contribution in [3.8, 4) is 11.5 Å². The highest BCUT2D eigenvalue weighted by Gasteiger charge is 2.38. The van der Waals surface area contributed by atoms with E-state index in [-0.39, 0.29) is 11.3 Å². The van der Waals surface area contributed by atoms with E-state index >= 15 is 0 Å². The minimum Gasteiger partial charge on any atom is -0.508 e. The third kappa shape index (κ3) is 4.42. The Morgan fingerprint density at radius 1 is 0.697 bits per heavy atom. The van der Waals surface area contributed by atoms with E-state index in [2.05, 4.69) is 0 Å². The lowest BCUT2D eigenvalue weighted by Gasteiger charge is -2.28. The standard InChI is InChI=1S/C25H21F5O3/c1-24(2,23(32)17-18(26)20(28)22(30)21(29)19(17)27)13-7-11-16(12-8-13)33-25(3,4)14-5-9-15(31)10-6-14/h5-12,31H,1-4H3. The molecule has 0 saturated heterocycles. The van der Waals surface area contributed by atoms with Crippen LogP contribution in [0.3, 0.4) is 0 Å². The summed E-state index contributed by atoms with van der Waals surface area (Å²) in [4.78, 5) is 12.9. The van der Waals surface area contributed by atoms with Gasteiger partial charge in [-0.15, -0.1) is 0 Å². The van der Waals surface area contributed by atoms with Gasteiger partial charge in [0, 0.05) is 0 Å². The second kappa shape index (κ2) is 8.50. The molecule has 1 N–H and O–H groups in total. The van der Waals surface area contributed by atoms with Crippen LogP contribution in [-0.4, -0.2) is 10.9 Å². The van der Waals surface area contributed by atoms with Crippen molar-refractivity contribution in [3.63, 3.8) is 0 Å². The van der Waals surface area contributed by atoms with Gasteiger partial charge in [0.15, 0.2) is 29.1 Å². The summed E-state index contributed by atoms with van der Waals surface area (Å²) in [5.74, 6) is -11.7. The van der Waals surface area contributed by atoms with Gasteiger partial charge in [-0.1, -0.05) is 24.3 Å². The van der Waals surface area contributed by atoms with Gasteiger partial charge in [0.25, 0.3) is 0 Å². The molecular weight excluding hydrogens is 443 g/mol. The van der Waals surface area contributed by atoms with Crippen LogP contribution in [0.25, 0.3) is 0 Å². The van der Waals surface area contributed by atoms with E-state index in [0.717, 1.165) is 5.56 Å². The van der Waals surface area contributed by atoms with Gasteiger partial charge in [-0.25, -0.2) is 22.0 Å². The van der Waals surface area contributed by atoms with Crippen molar-refractivity contribution < 1.29 is 36.6 Å². The molecule has 0 bridgehead atoms. The Morgan fingerprint density at radius 2 is 1.12 bits per heavy atom. The largest absolute Gasteiger partial charge is 0.508 e. The molecule has 0 heterocycles. The molecule has 0 amide bonds. The van der Waals surface area contributed by atoms with Gasteiger partial charge in [0.2, 0.25) is 5.82 Å². The second-order valence-electron chi connectivity index (χ2n) is 8.58. The van der Waals surface area contributed by atoms with Gasteiger partial charge in [0.05, 0.1) is 11.0 Å². The number of hydrogen-bond donors (Lipinski definition) is 1. The Labute approximate surface area is 187 Å². The number of carbonyl (C=O) groups excluding carboxylic acids is 1. The smallest absolute Gasteiger partial charge is 0.200 e. The molecule has 3 nitrogen and oxygen atoms in total. The van der Waals surface area contributed by atoms with Crippen LogP contribution >= 0.6 is 0 Å². The highest BCUT2D eigenvalue weighted by Crippen LogP contribution is 2.34. The summed E-state index contributed by atoms with van der Waals surface area (Å²) in [6, 6.07) is 12.5. The molecule has 8 heteroatoms. The van der Waals surface area contributed by atoms with E-state index in [0.29, 0.717) is 5.75 Å². The monoisotopic (exact) mass is 464 g/mol. The highest BCUT2D eigenvalue weighted by molar-refractivity contribution is 6.04. The average Bonchev–Trinajstić information content (AvgIpc) is 2.76. The third-order valence-electron chi connectivity index (χ3n) is 5.52. The Balaban J connectivity index is 1.90. The Kier molecular flexibility index (Phi) is 6.24. The van der Waals surface area contributed by atoms with E-state index in [1.54, 1.807) is 12.1 Å². The summed E-state index contributed by atoms with van der Waals surface area (Å²) in [7, 11) is 0. The number of rotatable bonds is 6. The van der Waals surface area contributed by atoms with Crippen LogP contribution in [0.1, 0.15) is 49.2 Å². The van der Waals surface area contributed by atoms with Crippen molar-refractivity contribution in [1.82, 2.24) is 0 Å². The van der Waals surface area contributed by atoms with E-state index in [4.69, 9.17) is 4.74 Å². The number of benzene rings is 3.